The minimum Gasteiger partial charge on any atom is -0.486 e. The summed E-state index contributed by atoms with van der Waals surface area (Å²) in [5.41, 5.74) is 4.69. The lowest BCUT2D eigenvalue weighted by molar-refractivity contribution is 0.102. The van der Waals surface area contributed by atoms with Crippen molar-refractivity contribution in [3.8, 4) is 22.8 Å². The number of benzene rings is 3. The molecule has 0 fully saturated rings. The van der Waals surface area contributed by atoms with E-state index in [0.29, 0.717) is 36.0 Å². The molecule has 0 radical (unpaired) electrons. The molecule has 1 aliphatic heterocycles. The zero-order valence-corrected chi connectivity index (χ0v) is 16.5. The lowest BCUT2D eigenvalue weighted by atomic mass is 9.97. The number of amides is 1. The molecule has 5 nitrogen and oxygen atoms in total. The fourth-order valence-electron chi connectivity index (χ4n) is 3.79. The van der Waals surface area contributed by atoms with Gasteiger partial charge in [-0.3, -0.25) is 4.79 Å². The number of pyridine rings is 1. The lowest BCUT2D eigenvalue weighted by Crippen LogP contribution is -2.17. The number of para-hydroxylation sites is 1. The standard InChI is InChI=1S/C25H20N2O3/c1-16-23(25(28)26-18-11-12-21-22(15-18)30-14-13-29-21)19-9-5-6-10-20(19)27-24(16)17-7-3-2-4-8-17/h2-12,15H,13-14H2,1H3,(H,26,28). The van der Waals surface area contributed by atoms with Crippen molar-refractivity contribution < 1.29 is 14.3 Å². The van der Waals surface area contributed by atoms with Gasteiger partial charge in [-0.2, -0.15) is 0 Å². The molecular weight excluding hydrogens is 376 g/mol. The largest absolute Gasteiger partial charge is 0.486 e. The molecule has 0 saturated carbocycles. The number of aromatic nitrogens is 1. The van der Waals surface area contributed by atoms with E-state index in [1.807, 2.05) is 73.7 Å². The topological polar surface area (TPSA) is 60.5 Å². The summed E-state index contributed by atoms with van der Waals surface area (Å²) in [6.45, 7) is 2.97. The summed E-state index contributed by atoms with van der Waals surface area (Å²) < 4.78 is 11.2. The van der Waals surface area contributed by atoms with E-state index in [0.717, 1.165) is 27.7 Å². The Kier molecular flexibility index (Phi) is 4.56. The average molecular weight is 396 g/mol. The summed E-state index contributed by atoms with van der Waals surface area (Å²) >= 11 is 0. The quantitative estimate of drug-likeness (QED) is 0.515. The van der Waals surface area contributed by atoms with Crippen molar-refractivity contribution in [3.05, 3.63) is 83.9 Å². The van der Waals surface area contributed by atoms with Crippen LogP contribution >= 0.6 is 0 Å². The maximum absolute atomic E-state index is 13.4. The first kappa shape index (κ1) is 18.2. The molecule has 1 amide bonds. The van der Waals surface area contributed by atoms with E-state index in [2.05, 4.69) is 5.32 Å². The third-order valence-electron chi connectivity index (χ3n) is 5.21. The van der Waals surface area contributed by atoms with Crippen LogP contribution in [0.1, 0.15) is 15.9 Å². The van der Waals surface area contributed by atoms with Gasteiger partial charge in [0.1, 0.15) is 13.2 Å². The van der Waals surface area contributed by atoms with Crippen molar-refractivity contribution in [1.29, 1.82) is 0 Å². The molecular formula is C25H20N2O3. The first-order valence-corrected chi connectivity index (χ1v) is 9.86. The van der Waals surface area contributed by atoms with Crippen LogP contribution in [-0.2, 0) is 0 Å². The number of nitrogens with zero attached hydrogens (tertiary/aromatic N) is 1. The Balaban J connectivity index is 1.59. The van der Waals surface area contributed by atoms with Gasteiger partial charge in [-0.15, -0.1) is 0 Å². The molecule has 1 N–H and O–H groups in total. The molecule has 5 heteroatoms. The predicted octanol–water partition coefficient (Wildman–Crippen LogP) is 5.23. The van der Waals surface area contributed by atoms with Gasteiger partial charge in [-0.25, -0.2) is 4.98 Å². The van der Waals surface area contributed by atoms with Crippen LogP contribution in [0.15, 0.2) is 72.8 Å². The smallest absolute Gasteiger partial charge is 0.256 e. The maximum atomic E-state index is 13.4. The minimum absolute atomic E-state index is 0.181. The van der Waals surface area contributed by atoms with Gasteiger partial charge in [0.25, 0.3) is 5.91 Å². The van der Waals surface area contributed by atoms with Crippen molar-refractivity contribution >= 4 is 22.5 Å². The number of carbonyl (C=O) groups is 1. The number of ether oxygens (including phenoxy) is 2. The highest BCUT2D eigenvalue weighted by molar-refractivity contribution is 6.14. The second-order valence-electron chi connectivity index (χ2n) is 7.16. The number of fused-ring (bicyclic) bond motifs is 2. The zero-order chi connectivity index (χ0) is 20.5. The van der Waals surface area contributed by atoms with Crippen LogP contribution in [0, 0.1) is 6.92 Å². The molecule has 0 spiro atoms. The minimum atomic E-state index is -0.181. The Hall–Kier alpha value is -3.86. The first-order chi connectivity index (χ1) is 14.7. The van der Waals surface area contributed by atoms with Crippen LogP contribution in [-0.4, -0.2) is 24.1 Å². The van der Waals surface area contributed by atoms with Crippen LogP contribution in [0.4, 0.5) is 5.69 Å². The van der Waals surface area contributed by atoms with Crippen molar-refractivity contribution in [2.45, 2.75) is 6.92 Å². The van der Waals surface area contributed by atoms with Gasteiger partial charge in [0, 0.05) is 22.7 Å². The van der Waals surface area contributed by atoms with Crippen LogP contribution in [0.2, 0.25) is 0 Å². The molecule has 0 atom stereocenters. The van der Waals surface area contributed by atoms with Gasteiger partial charge in [0.05, 0.1) is 16.8 Å². The number of hydrogen-bond donors (Lipinski definition) is 1. The van der Waals surface area contributed by atoms with Crippen molar-refractivity contribution in [3.63, 3.8) is 0 Å². The molecule has 0 unspecified atom stereocenters. The van der Waals surface area contributed by atoms with Gasteiger partial charge in [-0.05, 0) is 30.7 Å². The fraction of sp³-hybridized carbons (Fsp3) is 0.120. The van der Waals surface area contributed by atoms with Crippen molar-refractivity contribution in [2.24, 2.45) is 0 Å². The number of carbonyl (C=O) groups excluding carboxylic acids is 1. The maximum Gasteiger partial charge on any atom is 0.256 e. The van der Waals surface area contributed by atoms with E-state index in [-0.39, 0.29) is 5.91 Å². The van der Waals surface area contributed by atoms with E-state index in [9.17, 15) is 4.79 Å². The Morgan fingerprint density at radius 1 is 0.900 bits per heavy atom. The van der Waals surface area contributed by atoms with E-state index in [4.69, 9.17) is 14.5 Å². The van der Waals surface area contributed by atoms with E-state index < -0.39 is 0 Å². The number of anilines is 1. The van der Waals surface area contributed by atoms with Crippen molar-refractivity contribution in [1.82, 2.24) is 4.98 Å². The average Bonchev–Trinajstić information content (AvgIpc) is 2.79. The van der Waals surface area contributed by atoms with E-state index in [1.165, 1.54) is 0 Å². The number of hydrogen-bond acceptors (Lipinski definition) is 4. The van der Waals surface area contributed by atoms with Gasteiger partial charge in [-0.1, -0.05) is 48.5 Å². The second kappa shape index (κ2) is 7.52. The second-order valence-corrected chi connectivity index (χ2v) is 7.16. The Labute approximate surface area is 174 Å². The SMILES string of the molecule is Cc1c(-c2ccccc2)nc2ccccc2c1C(=O)Nc1ccc2c(c1)OCCO2. The molecule has 2 heterocycles. The zero-order valence-electron chi connectivity index (χ0n) is 16.5. The van der Waals surface area contributed by atoms with Crippen LogP contribution in [0.3, 0.4) is 0 Å². The van der Waals surface area contributed by atoms with Gasteiger partial charge in [0.2, 0.25) is 0 Å². The molecule has 1 aromatic heterocycles. The molecule has 4 aromatic rings. The summed E-state index contributed by atoms with van der Waals surface area (Å²) in [6, 6.07) is 23.1. The van der Waals surface area contributed by atoms with Gasteiger partial charge in [0.15, 0.2) is 11.5 Å². The lowest BCUT2D eigenvalue weighted by Gasteiger charge is -2.19. The van der Waals surface area contributed by atoms with Crippen LogP contribution < -0.4 is 14.8 Å². The summed E-state index contributed by atoms with van der Waals surface area (Å²) in [7, 11) is 0. The summed E-state index contributed by atoms with van der Waals surface area (Å²) in [5.74, 6) is 1.15. The predicted molar refractivity (Wildman–Crippen MR) is 117 cm³/mol. The number of nitrogens with one attached hydrogen (secondary N) is 1. The highest BCUT2D eigenvalue weighted by atomic mass is 16.6. The molecule has 0 saturated heterocycles. The molecule has 148 valence electrons. The third-order valence-corrected chi connectivity index (χ3v) is 5.21. The van der Waals surface area contributed by atoms with Gasteiger partial charge < -0.3 is 14.8 Å². The summed E-state index contributed by atoms with van der Waals surface area (Å²) in [4.78, 5) is 18.2. The van der Waals surface area contributed by atoms with E-state index >= 15 is 0 Å². The molecule has 0 aliphatic carbocycles. The number of rotatable bonds is 3. The first-order valence-electron chi connectivity index (χ1n) is 9.86. The molecule has 0 bridgehead atoms. The molecule has 5 rings (SSSR count). The van der Waals surface area contributed by atoms with Crippen LogP contribution in [0.25, 0.3) is 22.2 Å². The molecule has 3 aromatic carbocycles. The molecule has 30 heavy (non-hydrogen) atoms. The van der Waals surface area contributed by atoms with Crippen LogP contribution in [0.5, 0.6) is 11.5 Å². The third kappa shape index (κ3) is 3.24. The summed E-state index contributed by atoms with van der Waals surface area (Å²) in [6.07, 6.45) is 0. The summed E-state index contributed by atoms with van der Waals surface area (Å²) in [5, 5.41) is 3.84. The normalized spacial score (nSPS) is 12.6. The van der Waals surface area contributed by atoms with E-state index in [1.54, 1.807) is 6.07 Å². The van der Waals surface area contributed by atoms with Crippen molar-refractivity contribution in [2.75, 3.05) is 18.5 Å². The monoisotopic (exact) mass is 396 g/mol. The van der Waals surface area contributed by atoms with Gasteiger partial charge >= 0.3 is 0 Å². The fourth-order valence-corrected chi connectivity index (χ4v) is 3.79. The highest BCUT2D eigenvalue weighted by Crippen LogP contribution is 2.34. The Morgan fingerprint density at radius 2 is 1.63 bits per heavy atom. The Morgan fingerprint density at radius 3 is 2.47 bits per heavy atom. The highest BCUT2D eigenvalue weighted by Gasteiger charge is 2.20. The Bertz CT molecular complexity index is 1250. The molecule has 1 aliphatic rings.